The minimum absolute atomic E-state index is 0.179. The number of hydrogen-bond acceptors (Lipinski definition) is 4. The number of ether oxygens (including phenoxy) is 1. The van der Waals surface area contributed by atoms with Gasteiger partial charge >= 0.3 is 0 Å². The molecule has 17 heavy (non-hydrogen) atoms. The summed E-state index contributed by atoms with van der Waals surface area (Å²) < 4.78 is 5.39. The fourth-order valence-corrected chi connectivity index (χ4v) is 3.12. The van der Waals surface area contributed by atoms with Gasteiger partial charge in [0.15, 0.2) is 0 Å². The predicted octanol–water partition coefficient (Wildman–Crippen LogP) is 2.69. The molecule has 0 bridgehead atoms. The van der Waals surface area contributed by atoms with Crippen LogP contribution in [0.4, 0.5) is 5.69 Å². The van der Waals surface area contributed by atoms with E-state index in [9.17, 15) is 10.0 Å². The highest BCUT2D eigenvalue weighted by Gasteiger charge is 2.41. The van der Waals surface area contributed by atoms with Gasteiger partial charge in [-0.2, -0.15) is 0 Å². The van der Waals surface area contributed by atoms with E-state index in [4.69, 9.17) is 4.74 Å². The number of fused-ring (bicyclic) bond motifs is 1. The van der Waals surface area contributed by atoms with Gasteiger partial charge in [-0.3, -0.25) is 0 Å². The van der Waals surface area contributed by atoms with Crippen molar-refractivity contribution in [2.45, 2.75) is 25.7 Å². The van der Waals surface area contributed by atoms with Gasteiger partial charge in [0.05, 0.1) is 0 Å². The zero-order chi connectivity index (χ0) is 11.9. The lowest BCUT2D eigenvalue weighted by molar-refractivity contribution is 0.0197. The van der Waals surface area contributed by atoms with E-state index >= 15 is 0 Å². The first-order valence-electron chi connectivity index (χ1n) is 5.99. The van der Waals surface area contributed by atoms with Crippen molar-refractivity contribution in [3.05, 3.63) is 28.2 Å². The lowest BCUT2D eigenvalue weighted by Gasteiger charge is -2.33. The lowest BCUT2D eigenvalue weighted by atomic mass is 9.77. The summed E-state index contributed by atoms with van der Waals surface area (Å²) in [6.07, 6.45) is 3.70. The van der Waals surface area contributed by atoms with Crippen molar-refractivity contribution in [3.8, 4) is 5.75 Å². The first kappa shape index (κ1) is 10.7. The van der Waals surface area contributed by atoms with Crippen LogP contribution in [0.3, 0.4) is 0 Å². The first-order valence-corrected chi connectivity index (χ1v) is 5.99. The summed E-state index contributed by atoms with van der Waals surface area (Å²) in [4.78, 5) is 10.8. The van der Waals surface area contributed by atoms with Crippen LogP contribution in [0.1, 0.15) is 24.0 Å². The summed E-state index contributed by atoms with van der Waals surface area (Å²) in [5.41, 5.74) is 2.53. The fourth-order valence-electron chi connectivity index (χ4n) is 3.12. The van der Waals surface area contributed by atoms with Gasteiger partial charge in [0.25, 0.3) is 0 Å². The number of benzene rings is 1. The third-order valence-corrected chi connectivity index (χ3v) is 4.14. The maximum Gasteiger partial charge on any atom is 0.119 e. The summed E-state index contributed by atoms with van der Waals surface area (Å²) in [5, 5.41) is 13.0. The summed E-state index contributed by atoms with van der Waals surface area (Å²) >= 11 is 0. The van der Waals surface area contributed by atoms with Crippen molar-refractivity contribution >= 4 is 5.69 Å². The van der Waals surface area contributed by atoms with Crippen LogP contribution in [-0.2, 0) is 17.6 Å². The molecule has 1 N–H and O–H groups in total. The van der Waals surface area contributed by atoms with Gasteiger partial charge in [0, 0.05) is 13.2 Å². The van der Waals surface area contributed by atoms with Gasteiger partial charge in [-0.1, -0.05) is 0 Å². The molecule has 1 aromatic rings. The van der Waals surface area contributed by atoms with Crippen molar-refractivity contribution < 1.29 is 9.84 Å². The summed E-state index contributed by atoms with van der Waals surface area (Å²) in [6, 6.07) is 3.19. The molecule has 4 nitrogen and oxygen atoms in total. The molecule has 0 atom stereocenters. The number of phenols is 1. The van der Waals surface area contributed by atoms with Gasteiger partial charge in [0.1, 0.15) is 11.4 Å². The number of hydrogen-bond donors (Lipinski definition) is 1. The molecular formula is C13H15NO3. The molecule has 0 radical (unpaired) electrons. The monoisotopic (exact) mass is 233 g/mol. The molecule has 0 unspecified atom stereocenters. The van der Waals surface area contributed by atoms with E-state index in [0.29, 0.717) is 11.4 Å². The second-order valence-corrected chi connectivity index (χ2v) is 5.12. The maximum atomic E-state index is 10.8. The first-order chi connectivity index (χ1) is 8.24. The maximum absolute atomic E-state index is 10.8. The van der Waals surface area contributed by atoms with E-state index in [1.165, 1.54) is 0 Å². The summed E-state index contributed by atoms with van der Waals surface area (Å²) in [5.74, 6) is 0.302. The van der Waals surface area contributed by atoms with Crippen LogP contribution in [0, 0.1) is 10.3 Å². The van der Waals surface area contributed by atoms with Gasteiger partial charge in [0.2, 0.25) is 0 Å². The number of nitrogens with zero attached hydrogens (tertiary/aromatic N) is 1. The molecule has 1 heterocycles. The molecule has 2 aliphatic rings. The van der Waals surface area contributed by atoms with Crippen molar-refractivity contribution in [3.63, 3.8) is 0 Å². The predicted molar refractivity (Wildman–Crippen MR) is 63.5 cm³/mol. The molecule has 4 heteroatoms. The van der Waals surface area contributed by atoms with Gasteiger partial charge in [-0.25, -0.2) is 0 Å². The standard InChI is InChI=1S/C13H15NO3/c15-12-2-1-11(14-16)9-7-13(8-10(9)12)3-5-17-6-4-13/h1-2,15H,3-8H2. The summed E-state index contributed by atoms with van der Waals surface area (Å²) in [6.45, 7) is 1.55. The average molecular weight is 233 g/mol. The van der Waals surface area contributed by atoms with Crippen LogP contribution in [0.15, 0.2) is 17.3 Å². The van der Waals surface area contributed by atoms with Crippen molar-refractivity contribution in [2.75, 3.05) is 13.2 Å². The van der Waals surface area contributed by atoms with Gasteiger partial charge in [-0.15, -0.1) is 4.91 Å². The van der Waals surface area contributed by atoms with Crippen LogP contribution >= 0.6 is 0 Å². The Morgan fingerprint density at radius 1 is 1.18 bits per heavy atom. The Hall–Kier alpha value is -1.42. The molecule has 1 saturated heterocycles. The van der Waals surface area contributed by atoms with Crippen LogP contribution < -0.4 is 0 Å². The Balaban J connectivity index is 2.01. The highest BCUT2D eigenvalue weighted by atomic mass is 16.5. The molecule has 1 spiro atoms. The SMILES string of the molecule is O=Nc1ccc(O)c2c1CC1(CCOCC1)C2. The van der Waals surface area contributed by atoms with Crippen molar-refractivity contribution in [1.82, 2.24) is 0 Å². The van der Waals surface area contributed by atoms with Crippen LogP contribution in [0.2, 0.25) is 0 Å². The molecule has 0 amide bonds. The van der Waals surface area contributed by atoms with Gasteiger partial charge in [-0.05, 0) is 59.5 Å². The van der Waals surface area contributed by atoms with Crippen molar-refractivity contribution in [1.29, 1.82) is 0 Å². The molecule has 1 aromatic carbocycles. The van der Waals surface area contributed by atoms with E-state index in [2.05, 4.69) is 5.18 Å². The second-order valence-electron chi connectivity index (χ2n) is 5.12. The van der Waals surface area contributed by atoms with Crippen LogP contribution in [-0.4, -0.2) is 18.3 Å². The Bertz CT molecular complexity index is 464. The van der Waals surface area contributed by atoms with Crippen molar-refractivity contribution in [2.24, 2.45) is 10.6 Å². The Morgan fingerprint density at radius 3 is 2.59 bits per heavy atom. The minimum Gasteiger partial charge on any atom is -0.508 e. The topological polar surface area (TPSA) is 58.9 Å². The molecule has 0 saturated carbocycles. The lowest BCUT2D eigenvalue weighted by Crippen LogP contribution is -2.30. The number of aromatic hydroxyl groups is 1. The molecule has 90 valence electrons. The average Bonchev–Trinajstić information content (AvgIpc) is 2.71. The normalized spacial score (nSPS) is 21.4. The minimum atomic E-state index is 0.179. The van der Waals surface area contributed by atoms with Crippen LogP contribution in [0.5, 0.6) is 5.75 Å². The molecule has 3 rings (SSSR count). The van der Waals surface area contributed by atoms with E-state index in [0.717, 1.165) is 50.0 Å². The van der Waals surface area contributed by atoms with E-state index < -0.39 is 0 Å². The van der Waals surface area contributed by atoms with E-state index in [1.54, 1.807) is 12.1 Å². The molecule has 1 aliphatic heterocycles. The smallest absolute Gasteiger partial charge is 0.119 e. The summed E-state index contributed by atoms with van der Waals surface area (Å²) in [7, 11) is 0. The molecular weight excluding hydrogens is 218 g/mol. The fraction of sp³-hybridized carbons (Fsp3) is 0.538. The number of phenolic OH excluding ortho intramolecular Hbond substituents is 1. The van der Waals surface area contributed by atoms with E-state index in [-0.39, 0.29) is 5.41 Å². The quantitative estimate of drug-likeness (QED) is 0.758. The third-order valence-electron chi connectivity index (χ3n) is 4.14. The highest BCUT2D eigenvalue weighted by molar-refractivity contribution is 5.58. The Labute approximate surface area is 99.6 Å². The zero-order valence-electron chi connectivity index (χ0n) is 9.61. The molecule has 1 aliphatic carbocycles. The molecule has 1 fully saturated rings. The Kier molecular flexibility index (Phi) is 2.40. The Morgan fingerprint density at radius 2 is 1.88 bits per heavy atom. The third kappa shape index (κ3) is 1.63. The number of rotatable bonds is 1. The number of nitroso groups, excluding NO2 is 1. The second kappa shape index (κ2) is 3.81. The zero-order valence-corrected chi connectivity index (χ0v) is 9.61. The molecule has 0 aromatic heterocycles. The largest absolute Gasteiger partial charge is 0.508 e. The van der Waals surface area contributed by atoms with Gasteiger partial charge < -0.3 is 9.84 Å². The van der Waals surface area contributed by atoms with Crippen LogP contribution in [0.25, 0.3) is 0 Å². The van der Waals surface area contributed by atoms with E-state index in [1.807, 2.05) is 0 Å². The highest BCUT2D eigenvalue weighted by Crippen LogP contribution is 2.49.